The molecule has 0 aromatic rings. The van der Waals surface area contributed by atoms with E-state index in [1.165, 1.54) is 25.7 Å². The molecule has 0 amide bonds. The summed E-state index contributed by atoms with van der Waals surface area (Å²) >= 11 is 0. The van der Waals surface area contributed by atoms with E-state index in [1.807, 2.05) is 0 Å². The third kappa shape index (κ3) is 4.44. The molecule has 1 atom stereocenters. The minimum atomic E-state index is 0.304. The monoisotopic (exact) mass is 183 g/mol. The van der Waals surface area contributed by atoms with Crippen molar-refractivity contribution in [2.75, 3.05) is 13.2 Å². The van der Waals surface area contributed by atoms with Gasteiger partial charge in [-0.1, -0.05) is 18.9 Å². The van der Waals surface area contributed by atoms with E-state index in [0.717, 1.165) is 12.6 Å². The van der Waals surface area contributed by atoms with Crippen LogP contribution in [0.3, 0.4) is 0 Å². The number of ether oxygens (including phenoxy) is 1. The molecule has 1 aliphatic rings. The molecule has 0 spiro atoms. The van der Waals surface area contributed by atoms with Crippen LogP contribution in [0.15, 0.2) is 12.7 Å². The van der Waals surface area contributed by atoms with E-state index in [-0.39, 0.29) is 0 Å². The minimum Gasteiger partial charge on any atom is -0.373 e. The highest BCUT2D eigenvalue weighted by Gasteiger charge is 2.14. The van der Waals surface area contributed by atoms with Gasteiger partial charge in [0.05, 0.1) is 12.7 Å². The van der Waals surface area contributed by atoms with E-state index in [4.69, 9.17) is 4.74 Å². The van der Waals surface area contributed by atoms with Gasteiger partial charge < -0.3 is 10.1 Å². The van der Waals surface area contributed by atoms with Gasteiger partial charge in [-0.3, -0.25) is 0 Å². The lowest BCUT2D eigenvalue weighted by Gasteiger charge is -2.16. The summed E-state index contributed by atoms with van der Waals surface area (Å²) in [6.45, 7) is 7.36. The van der Waals surface area contributed by atoms with Crippen molar-refractivity contribution in [3.8, 4) is 0 Å². The topological polar surface area (TPSA) is 21.3 Å². The lowest BCUT2D eigenvalue weighted by atomic mass is 10.2. The maximum atomic E-state index is 5.47. The molecule has 1 aliphatic carbocycles. The predicted molar refractivity (Wildman–Crippen MR) is 55.9 cm³/mol. The zero-order valence-corrected chi connectivity index (χ0v) is 8.59. The molecule has 1 N–H and O–H groups in total. The molecular formula is C11H21NO. The van der Waals surface area contributed by atoms with Crippen molar-refractivity contribution in [3.63, 3.8) is 0 Å². The van der Waals surface area contributed by atoms with Gasteiger partial charge in [-0.05, 0) is 19.8 Å². The predicted octanol–water partition coefficient (Wildman–Crippen LogP) is 2.11. The van der Waals surface area contributed by atoms with E-state index >= 15 is 0 Å². The Kier molecular flexibility index (Phi) is 5.09. The Morgan fingerprint density at radius 1 is 1.54 bits per heavy atom. The summed E-state index contributed by atoms with van der Waals surface area (Å²) in [5.41, 5.74) is 0. The van der Waals surface area contributed by atoms with E-state index in [9.17, 15) is 0 Å². The molecule has 0 aromatic heterocycles. The van der Waals surface area contributed by atoms with Crippen molar-refractivity contribution in [3.05, 3.63) is 12.7 Å². The second-order valence-corrected chi connectivity index (χ2v) is 3.82. The molecule has 0 bridgehead atoms. The van der Waals surface area contributed by atoms with Crippen molar-refractivity contribution < 1.29 is 4.74 Å². The smallest absolute Gasteiger partial charge is 0.0675 e. The molecular weight excluding hydrogens is 162 g/mol. The summed E-state index contributed by atoms with van der Waals surface area (Å²) in [5, 5.41) is 3.53. The molecule has 0 aliphatic heterocycles. The fourth-order valence-electron chi connectivity index (χ4n) is 1.75. The fourth-order valence-corrected chi connectivity index (χ4v) is 1.75. The Bertz CT molecular complexity index is 141. The number of nitrogens with one attached hydrogen (secondary N) is 1. The van der Waals surface area contributed by atoms with Crippen LogP contribution in [0.5, 0.6) is 0 Å². The number of hydrogen-bond donors (Lipinski definition) is 1. The third-order valence-electron chi connectivity index (χ3n) is 2.55. The average molecular weight is 183 g/mol. The van der Waals surface area contributed by atoms with Gasteiger partial charge in [-0.25, -0.2) is 0 Å². The van der Waals surface area contributed by atoms with Gasteiger partial charge in [0.15, 0.2) is 0 Å². The average Bonchev–Trinajstić information content (AvgIpc) is 2.64. The first-order valence-corrected chi connectivity index (χ1v) is 5.29. The Morgan fingerprint density at radius 3 is 2.85 bits per heavy atom. The van der Waals surface area contributed by atoms with E-state index in [2.05, 4.69) is 18.8 Å². The van der Waals surface area contributed by atoms with Crippen LogP contribution in [0.1, 0.15) is 32.6 Å². The molecule has 2 heteroatoms. The SMILES string of the molecule is C=CCOC(C)CNC1CCCC1. The second-order valence-electron chi connectivity index (χ2n) is 3.82. The van der Waals surface area contributed by atoms with E-state index in [1.54, 1.807) is 6.08 Å². The van der Waals surface area contributed by atoms with Crippen molar-refractivity contribution in [2.45, 2.75) is 44.8 Å². The minimum absolute atomic E-state index is 0.304. The van der Waals surface area contributed by atoms with Gasteiger partial charge in [0.25, 0.3) is 0 Å². The Morgan fingerprint density at radius 2 is 2.23 bits per heavy atom. The molecule has 0 aromatic carbocycles. The van der Waals surface area contributed by atoms with Gasteiger partial charge in [-0.2, -0.15) is 0 Å². The molecule has 0 heterocycles. The lowest BCUT2D eigenvalue weighted by molar-refractivity contribution is 0.0857. The third-order valence-corrected chi connectivity index (χ3v) is 2.55. The van der Waals surface area contributed by atoms with E-state index < -0.39 is 0 Å². The summed E-state index contributed by atoms with van der Waals surface area (Å²) in [6, 6.07) is 0.745. The molecule has 1 saturated carbocycles. The fraction of sp³-hybridized carbons (Fsp3) is 0.818. The molecule has 0 radical (unpaired) electrons. The first-order valence-electron chi connectivity index (χ1n) is 5.29. The van der Waals surface area contributed by atoms with Crippen LogP contribution in [-0.2, 0) is 4.74 Å². The zero-order valence-electron chi connectivity index (χ0n) is 8.59. The maximum absolute atomic E-state index is 5.47. The van der Waals surface area contributed by atoms with Crippen molar-refractivity contribution in [2.24, 2.45) is 0 Å². The quantitative estimate of drug-likeness (QED) is 0.637. The number of rotatable bonds is 6. The van der Waals surface area contributed by atoms with Gasteiger partial charge in [0.2, 0.25) is 0 Å². The summed E-state index contributed by atoms with van der Waals surface area (Å²) in [7, 11) is 0. The Balaban J connectivity index is 1.99. The van der Waals surface area contributed by atoms with Crippen LogP contribution in [-0.4, -0.2) is 25.3 Å². The molecule has 1 rings (SSSR count). The highest BCUT2D eigenvalue weighted by atomic mass is 16.5. The van der Waals surface area contributed by atoms with Gasteiger partial charge in [0.1, 0.15) is 0 Å². The first-order chi connectivity index (χ1) is 6.33. The van der Waals surface area contributed by atoms with Crippen LogP contribution in [0.2, 0.25) is 0 Å². The van der Waals surface area contributed by atoms with Crippen molar-refractivity contribution in [1.29, 1.82) is 0 Å². The standard InChI is InChI=1S/C11H21NO/c1-3-8-13-10(2)9-12-11-6-4-5-7-11/h3,10-12H,1,4-9H2,2H3. The van der Waals surface area contributed by atoms with Gasteiger partial charge in [0, 0.05) is 12.6 Å². The van der Waals surface area contributed by atoms with Gasteiger partial charge >= 0.3 is 0 Å². The number of hydrogen-bond acceptors (Lipinski definition) is 2. The lowest BCUT2D eigenvalue weighted by Crippen LogP contribution is -2.33. The highest BCUT2D eigenvalue weighted by molar-refractivity contribution is 4.75. The van der Waals surface area contributed by atoms with Crippen LogP contribution in [0, 0.1) is 0 Å². The van der Waals surface area contributed by atoms with Crippen LogP contribution in [0.25, 0.3) is 0 Å². The maximum Gasteiger partial charge on any atom is 0.0675 e. The first kappa shape index (κ1) is 10.7. The van der Waals surface area contributed by atoms with Gasteiger partial charge in [-0.15, -0.1) is 6.58 Å². The Labute approximate surface area is 81.4 Å². The van der Waals surface area contributed by atoms with E-state index in [0.29, 0.717) is 12.7 Å². The van der Waals surface area contributed by atoms with Crippen molar-refractivity contribution in [1.82, 2.24) is 5.32 Å². The molecule has 1 unspecified atom stereocenters. The molecule has 0 saturated heterocycles. The van der Waals surface area contributed by atoms with Crippen molar-refractivity contribution >= 4 is 0 Å². The molecule has 1 fully saturated rings. The second kappa shape index (κ2) is 6.17. The molecule has 13 heavy (non-hydrogen) atoms. The summed E-state index contributed by atoms with van der Waals surface area (Å²) in [6.07, 6.45) is 7.56. The van der Waals surface area contributed by atoms with Crippen LogP contribution >= 0.6 is 0 Å². The molecule has 76 valence electrons. The largest absolute Gasteiger partial charge is 0.373 e. The summed E-state index contributed by atoms with van der Waals surface area (Å²) in [4.78, 5) is 0. The summed E-state index contributed by atoms with van der Waals surface area (Å²) < 4.78 is 5.47. The Hall–Kier alpha value is -0.340. The zero-order chi connectivity index (χ0) is 9.52. The van der Waals surface area contributed by atoms with Crippen LogP contribution < -0.4 is 5.32 Å². The molecule has 2 nitrogen and oxygen atoms in total. The van der Waals surface area contributed by atoms with Crippen LogP contribution in [0.4, 0.5) is 0 Å². The highest BCUT2D eigenvalue weighted by Crippen LogP contribution is 2.17. The summed E-state index contributed by atoms with van der Waals surface area (Å²) in [5.74, 6) is 0. The normalized spacial score (nSPS) is 20.4.